The highest BCUT2D eigenvalue weighted by Gasteiger charge is 2.10. The lowest BCUT2D eigenvalue weighted by atomic mass is 10.1. The lowest BCUT2D eigenvalue weighted by molar-refractivity contribution is 0.0697. The molecule has 4 heteroatoms. The zero-order valence-corrected chi connectivity index (χ0v) is 15.4. The van der Waals surface area contributed by atoms with E-state index in [4.69, 9.17) is 5.11 Å². The van der Waals surface area contributed by atoms with Gasteiger partial charge < -0.3 is 9.67 Å². The van der Waals surface area contributed by atoms with Crippen molar-refractivity contribution in [1.29, 1.82) is 0 Å². The van der Waals surface area contributed by atoms with Gasteiger partial charge in [-0.1, -0.05) is 6.07 Å². The van der Waals surface area contributed by atoms with Crippen LogP contribution in [0, 0.1) is 27.7 Å². The summed E-state index contributed by atoms with van der Waals surface area (Å²) >= 11 is 0. The van der Waals surface area contributed by atoms with Gasteiger partial charge in [-0.15, -0.1) is 0 Å². The van der Waals surface area contributed by atoms with Crippen molar-refractivity contribution in [2.45, 2.75) is 27.7 Å². The molecule has 1 heterocycles. The molecule has 0 saturated carbocycles. The van der Waals surface area contributed by atoms with Gasteiger partial charge in [0.15, 0.2) is 0 Å². The number of benzene rings is 2. The van der Waals surface area contributed by atoms with E-state index < -0.39 is 5.97 Å². The second-order valence-corrected chi connectivity index (χ2v) is 6.54. The summed E-state index contributed by atoms with van der Waals surface area (Å²) in [7, 11) is 0. The number of hydrogen-bond donors (Lipinski definition) is 1. The van der Waals surface area contributed by atoms with Crippen molar-refractivity contribution in [1.82, 2.24) is 4.57 Å². The largest absolute Gasteiger partial charge is 0.478 e. The van der Waals surface area contributed by atoms with E-state index in [2.05, 4.69) is 61.5 Å². The molecule has 0 unspecified atom stereocenters. The van der Waals surface area contributed by atoms with Crippen molar-refractivity contribution in [3.8, 4) is 5.69 Å². The highest BCUT2D eigenvalue weighted by molar-refractivity contribution is 5.88. The quantitative estimate of drug-likeness (QED) is 0.663. The molecule has 0 fully saturated rings. The maximum Gasteiger partial charge on any atom is 0.335 e. The maximum absolute atomic E-state index is 10.9. The molecule has 0 aliphatic heterocycles. The Morgan fingerprint density at radius 3 is 2.27 bits per heavy atom. The lowest BCUT2D eigenvalue weighted by Crippen LogP contribution is -2.00. The first kappa shape index (κ1) is 17.7. The van der Waals surface area contributed by atoms with Gasteiger partial charge in [-0.05, 0) is 81.3 Å². The van der Waals surface area contributed by atoms with E-state index in [1.807, 2.05) is 6.21 Å². The first-order chi connectivity index (χ1) is 12.4. The Hall–Kier alpha value is -3.14. The smallest absolute Gasteiger partial charge is 0.335 e. The number of nitrogens with zero attached hydrogens (tertiary/aromatic N) is 2. The Bertz CT molecular complexity index is 996. The van der Waals surface area contributed by atoms with Crippen molar-refractivity contribution in [2.24, 2.45) is 4.99 Å². The summed E-state index contributed by atoms with van der Waals surface area (Å²) in [6.45, 7) is 8.40. The fourth-order valence-corrected chi connectivity index (χ4v) is 3.01. The third-order valence-electron chi connectivity index (χ3n) is 4.69. The molecule has 0 aliphatic rings. The van der Waals surface area contributed by atoms with E-state index in [0.29, 0.717) is 0 Å². The summed E-state index contributed by atoms with van der Waals surface area (Å²) in [6.07, 6.45) is 1.83. The molecule has 0 spiro atoms. The zero-order chi connectivity index (χ0) is 18.8. The summed E-state index contributed by atoms with van der Waals surface area (Å²) in [4.78, 5) is 15.4. The van der Waals surface area contributed by atoms with Gasteiger partial charge in [-0.3, -0.25) is 4.99 Å². The fourth-order valence-electron chi connectivity index (χ4n) is 3.01. The van der Waals surface area contributed by atoms with Crippen LogP contribution < -0.4 is 0 Å². The molecule has 1 N–H and O–H groups in total. The minimum Gasteiger partial charge on any atom is -0.478 e. The molecule has 0 saturated heterocycles. The SMILES string of the molecule is Cc1ccc(-n2c(C)cc(C=Nc3ccc(C(=O)O)cc3)c2C)cc1C. The third kappa shape index (κ3) is 3.45. The summed E-state index contributed by atoms with van der Waals surface area (Å²) < 4.78 is 2.22. The van der Waals surface area contributed by atoms with Gasteiger partial charge in [-0.2, -0.15) is 0 Å². The Balaban J connectivity index is 1.92. The van der Waals surface area contributed by atoms with Crippen LogP contribution in [0.1, 0.15) is 38.4 Å². The summed E-state index contributed by atoms with van der Waals surface area (Å²) in [5, 5.41) is 8.96. The van der Waals surface area contributed by atoms with Crippen LogP contribution in [0.15, 0.2) is 53.5 Å². The number of carboxylic acids is 1. The molecule has 2 aromatic carbocycles. The standard InChI is InChI=1S/C22H22N2O2/c1-14-5-10-21(11-15(14)2)24-16(3)12-19(17(24)4)13-23-20-8-6-18(7-9-20)22(25)26/h5-13H,1-4H3,(H,25,26). The highest BCUT2D eigenvalue weighted by atomic mass is 16.4. The summed E-state index contributed by atoms with van der Waals surface area (Å²) in [5.74, 6) is -0.933. The van der Waals surface area contributed by atoms with E-state index >= 15 is 0 Å². The molecule has 132 valence electrons. The van der Waals surface area contributed by atoms with Crippen LogP contribution in [-0.2, 0) is 0 Å². The number of aryl methyl sites for hydroxylation is 3. The number of aromatic carboxylic acids is 1. The predicted molar refractivity (Wildman–Crippen MR) is 105 cm³/mol. The van der Waals surface area contributed by atoms with E-state index in [1.165, 1.54) is 11.1 Å². The molecular formula is C22H22N2O2. The van der Waals surface area contributed by atoms with Crippen LogP contribution in [-0.4, -0.2) is 21.9 Å². The minimum absolute atomic E-state index is 0.261. The van der Waals surface area contributed by atoms with Crippen molar-refractivity contribution in [3.63, 3.8) is 0 Å². The van der Waals surface area contributed by atoms with Gasteiger partial charge in [0.1, 0.15) is 0 Å². The van der Waals surface area contributed by atoms with Crippen molar-refractivity contribution < 1.29 is 9.90 Å². The monoisotopic (exact) mass is 346 g/mol. The molecule has 3 rings (SSSR count). The predicted octanol–water partition coefficient (Wildman–Crippen LogP) is 5.16. The number of aromatic nitrogens is 1. The maximum atomic E-state index is 10.9. The number of rotatable bonds is 4. The number of hydrogen-bond acceptors (Lipinski definition) is 2. The van der Waals surface area contributed by atoms with Crippen LogP contribution >= 0.6 is 0 Å². The topological polar surface area (TPSA) is 54.6 Å². The molecule has 26 heavy (non-hydrogen) atoms. The minimum atomic E-state index is -0.933. The van der Waals surface area contributed by atoms with Crippen LogP contribution in [0.5, 0.6) is 0 Å². The molecule has 1 aromatic heterocycles. The molecular weight excluding hydrogens is 324 g/mol. The Kier molecular flexibility index (Phi) is 4.76. The van der Waals surface area contributed by atoms with Crippen LogP contribution in [0.25, 0.3) is 5.69 Å². The van der Waals surface area contributed by atoms with Gasteiger partial charge in [0.25, 0.3) is 0 Å². The molecule has 0 amide bonds. The third-order valence-corrected chi connectivity index (χ3v) is 4.69. The van der Waals surface area contributed by atoms with Gasteiger partial charge in [0, 0.05) is 28.9 Å². The Labute approximate surface area is 153 Å². The van der Waals surface area contributed by atoms with Gasteiger partial charge in [0.05, 0.1) is 11.3 Å². The first-order valence-electron chi connectivity index (χ1n) is 8.51. The van der Waals surface area contributed by atoms with E-state index in [-0.39, 0.29) is 5.56 Å². The molecule has 0 bridgehead atoms. The van der Waals surface area contributed by atoms with Crippen molar-refractivity contribution >= 4 is 17.9 Å². The Morgan fingerprint density at radius 1 is 0.962 bits per heavy atom. The fraction of sp³-hybridized carbons (Fsp3) is 0.182. The van der Waals surface area contributed by atoms with Gasteiger partial charge >= 0.3 is 5.97 Å². The normalized spacial score (nSPS) is 11.2. The average molecular weight is 346 g/mol. The molecule has 0 aliphatic carbocycles. The molecule has 3 aromatic rings. The van der Waals surface area contributed by atoms with Gasteiger partial charge in [-0.25, -0.2) is 4.79 Å². The van der Waals surface area contributed by atoms with E-state index in [9.17, 15) is 4.79 Å². The van der Waals surface area contributed by atoms with Gasteiger partial charge in [0.2, 0.25) is 0 Å². The number of carbonyl (C=O) groups is 1. The average Bonchev–Trinajstić information content (AvgIpc) is 2.90. The van der Waals surface area contributed by atoms with Crippen molar-refractivity contribution in [2.75, 3.05) is 0 Å². The summed E-state index contributed by atoms with van der Waals surface area (Å²) in [6, 6.07) is 15.1. The second-order valence-electron chi connectivity index (χ2n) is 6.54. The zero-order valence-electron chi connectivity index (χ0n) is 15.4. The van der Waals surface area contributed by atoms with Crippen LogP contribution in [0.2, 0.25) is 0 Å². The summed E-state index contributed by atoms with van der Waals surface area (Å²) in [5.41, 5.74) is 8.00. The second kappa shape index (κ2) is 7.00. The van der Waals surface area contributed by atoms with E-state index in [0.717, 1.165) is 28.3 Å². The van der Waals surface area contributed by atoms with E-state index in [1.54, 1.807) is 24.3 Å². The number of aliphatic imine (C=N–C) groups is 1. The lowest BCUT2D eigenvalue weighted by Gasteiger charge is -2.11. The molecule has 0 radical (unpaired) electrons. The van der Waals surface area contributed by atoms with Crippen LogP contribution in [0.3, 0.4) is 0 Å². The van der Waals surface area contributed by atoms with Crippen molar-refractivity contribution in [3.05, 3.63) is 82.2 Å². The molecule has 0 atom stereocenters. The van der Waals surface area contributed by atoms with Crippen LogP contribution in [0.4, 0.5) is 5.69 Å². The molecule has 4 nitrogen and oxygen atoms in total. The Morgan fingerprint density at radius 2 is 1.65 bits per heavy atom. The highest BCUT2D eigenvalue weighted by Crippen LogP contribution is 2.22. The number of carboxylic acid groups (broad SMARTS) is 1. The first-order valence-corrected chi connectivity index (χ1v) is 8.51.